The molecule has 0 saturated carbocycles. The van der Waals surface area contributed by atoms with E-state index in [-0.39, 0.29) is 5.78 Å². The smallest absolute Gasteiger partial charge is 0.176 e. The zero-order chi connectivity index (χ0) is 11.4. The third-order valence-electron chi connectivity index (χ3n) is 2.75. The van der Waals surface area contributed by atoms with E-state index in [9.17, 15) is 4.79 Å². The standard InChI is InChI=1S/C12H17N3O/c13-10-7-9-3-4-11(10)15-6-2-1-5-14-8-12(9)16/h3-4,7,14-15H,1-2,5-6,8,13H2. The maximum Gasteiger partial charge on any atom is 0.176 e. The Balaban J connectivity index is 2.25. The summed E-state index contributed by atoms with van der Waals surface area (Å²) < 4.78 is 0. The van der Waals surface area contributed by atoms with Crippen LogP contribution in [-0.2, 0) is 0 Å². The van der Waals surface area contributed by atoms with Gasteiger partial charge in [0.25, 0.3) is 0 Å². The molecule has 3 rings (SSSR count). The fourth-order valence-electron chi connectivity index (χ4n) is 1.80. The quantitative estimate of drug-likeness (QED) is 0.574. The number of Topliss-reactive ketones (excluding diaryl/α,β-unsaturated/α-hetero) is 1. The summed E-state index contributed by atoms with van der Waals surface area (Å²) >= 11 is 0. The Morgan fingerprint density at radius 3 is 2.81 bits per heavy atom. The Kier molecular flexibility index (Phi) is 3.41. The van der Waals surface area contributed by atoms with Crippen LogP contribution in [0.2, 0.25) is 0 Å². The molecule has 16 heavy (non-hydrogen) atoms. The second-order valence-electron chi connectivity index (χ2n) is 4.04. The van der Waals surface area contributed by atoms with Gasteiger partial charge in [-0.3, -0.25) is 4.79 Å². The molecule has 0 fully saturated rings. The molecule has 86 valence electrons. The van der Waals surface area contributed by atoms with E-state index in [1.807, 2.05) is 12.1 Å². The fraction of sp³-hybridized carbons (Fsp3) is 0.417. The monoisotopic (exact) mass is 219 g/mol. The van der Waals surface area contributed by atoms with Crippen molar-refractivity contribution < 1.29 is 4.79 Å². The first-order chi connectivity index (χ1) is 7.77. The van der Waals surface area contributed by atoms with Gasteiger partial charge >= 0.3 is 0 Å². The van der Waals surface area contributed by atoms with E-state index >= 15 is 0 Å². The number of nitrogen functional groups attached to an aromatic ring is 1. The lowest BCUT2D eigenvalue weighted by molar-refractivity contribution is 0.0991. The number of carbonyl (C=O) groups excluding carboxylic acids is 1. The Morgan fingerprint density at radius 1 is 1.19 bits per heavy atom. The van der Waals surface area contributed by atoms with Crippen molar-refractivity contribution in [1.29, 1.82) is 0 Å². The number of fused-ring (bicyclic) bond motifs is 9. The highest BCUT2D eigenvalue weighted by molar-refractivity contribution is 5.99. The van der Waals surface area contributed by atoms with Gasteiger partial charge in [0.2, 0.25) is 0 Å². The van der Waals surface area contributed by atoms with Gasteiger partial charge < -0.3 is 16.4 Å². The molecule has 0 saturated heterocycles. The summed E-state index contributed by atoms with van der Waals surface area (Å²) in [5.41, 5.74) is 8.12. The average Bonchev–Trinajstić information content (AvgIpc) is 2.27. The number of benzene rings is 1. The maximum absolute atomic E-state index is 11.8. The number of ketones is 1. The van der Waals surface area contributed by atoms with Gasteiger partial charge in [0, 0.05) is 12.1 Å². The van der Waals surface area contributed by atoms with E-state index in [0.717, 1.165) is 31.6 Å². The summed E-state index contributed by atoms with van der Waals surface area (Å²) in [6.07, 6.45) is 2.14. The van der Waals surface area contributed by atoms with E-state index < -0.39 is 0 Å². The number of nitrogens with two attached hydrogens (primary N) is 1. The van der Waals surface area contributed by atoms with Crippen molar-refractivity contribution in [1.82, 2.24) is 5.32 Å². The molecule has 2 heterocycles. The van der Waals surface area contributed by atoms with Crippen LogP contribution in [0.4, 0.5) is 11.4 Å². The highest BCUT2D eigenvalue weighted by Gasteiger charge is 2.08. The molecule has 0 aromatic heterocycles. The van der Waals surface area contributed by atoms with E-state index in [0.29, 0.717) is 17.8 Å². The summed E-state index contributed by atoms with van der Waals surface area (Å²) in [7, 11) is 0. The molecule has 1 aromatic rings. The zero-order valence-corrected chi connectivity index (χ0v) is 9.25. The first-order valence-electron chi connectivity index (χ1n) is 5.65. The summed E-state index contributed by atoms with van der Waals surface area (Å²) in [5.74, 6) is 0.0961. The molecule has 0 aliphatic carbocycles. The highest BCUT2D eigenvalue weighted by atomic mass is 16.1. The van der Waals surface area contributed by atoms with Gasteiger partial charge in [0.15, 0.2) is 5.78 Å². The normalized spacial score (nSPS) is 17.4. The van der Waals surface area contributed by atoms with Crippen LogP contribution in [0.5, 0.6) is 0 Å². The van der Waals surface area contributed by atoms with Gasteiger partial charge in [0.05, 0.1) is 17.9 Å². The lowest BCUT2D eigenvalue weighted by Crippen LogP contribution is -2.25. The first-order valence-corrected chi connectivity index (χ1v) is 5.65. The highest BCUT2D eigenvalue weighted by Crippen LogP contribution is 2.20. The molecule has 2 aliphatic rings. The maximum atomic E-state index is 11.8. The van der Waals surface area contributed by atoms with Crippen molar-refractivity contribution in [2.75, 3.05) is 30.7 Å². The third-order valence-corrected chi connectivity index (χ3v) is 2.75. The van der Waals surface area contributed by atoms with E-state index in [2.05, 4.69) is 10.6 Å². The summed E-state index contributed by atoms with van der Waals surface area (Å²) in [6.45, 7) is 2.20. The third kappa shape index (κ3) is 2.52. The van der Waals surface area contributed by atoms with Crippen LogP contribution in [0, 0.1) is 0 Å². The Hall–Kier alpha value is -1.55. The van der Waals surface area contributed by atoms with Crippen molar-refractivity contribution in [3.8, 4) is 0 Å². The average molecular weight is 219 g/mol. The molecule has 0 radical (unpaired) electrons. The minimum Gasteiger partial charge on any atom is -0.397 e. The number of rotatable bonds is 0. The van der Waals surface area contributed by atoms with Crippen LogP contribution in [0.3, 0.4) is 0 Å². The molecule has 0 unspecified atom stereocenters. The van der Waals surface area contributed by atoms with Crippen LogP contribution in [0.1, 0.15) is 23.2 Å². The van der Waals surface area contributed by atoms with Gasteiger partial charge in [-0.25, -0.2) is 0 Å². The number of nitrogens with one attached hydrogen (secondary N) is 2. The summed E-state index contributed by atoms with van der Waals surface area (Å²) in [5, 5.41) is 6.41. The van der Waals surface area contributed by atoms with Crippen molar-refractivity contribution in [3.05, 3.63) is 23.8 Å². The second kappa shape index (κ2) is 4.99. The van der Waals surface area contributed by atoms with Gasteiger partial charge in [-0.05, 0) is 37.6 Å². The van der Waals surface area contributed by atoms with Crippen molar-refractivity contribution in [2.24, 2.45) is 0 Å². The second-order valence-corrected chi connectivity index (χ2v) is 4.04. The topological polar surface area (TPSA) is 67.2 Å². The van der Waals surface area contributed by atoms with Crippen LogP contribution in [-0.4, -0.2) is 25.4 Å². The van der Waals surface area contributed by atoms with Crippen molar-refractivity contribution in [3.63, 3.8) is 0 Å². The molecular weight excluding hydrogens is 202 g/mol. The number of hydrogen-bond acceptors (Lipinski definition) is 4. The summed E-state index contributed by atoms with van der Waals surface area (Å²) in [4.78, 5) is 11.8. The largest absolute Gasteiger partial charge is 0.397 e. The SMILES string of the molecule is Nc1cc2ccc1NCCCCNCC2=O. The molecule has 1 aromatic carbocycles. The minimum atomic E-state index is 0.0961. The molecule has 0 amide bonds. The van der Waals surface area contributed by atoms with E-state index in [1.165, 1.54) is 0 Å². The molecule has 2 aliphatic heterocycles. The van der Waals surface area contributed by atoms with Gasteiger partial charge in [-0.2, -0.15) is 0 Å². The number of hydrogen-bond donors (Lipinski definition) is 3. The van der Waals surface area contributed by atoms with Gasteiger partial charge in [0.1, 0.15) is 0 Å². The molecule has 2 bridgehead atoms. The zero-order valence-electron chi connectivity index (χ0n) is 9.25. The van der Waals surface area contributed by atoms with Gasteiger partial charge in [-0.1, -0.05) is 0 Å². The number of anilines is 2. The molecule has 4 heteroatoms. The predicted molar refractivity (Wildman–Crippen MR) is 65.8 cm³/mol. The number of carbonyl (C=O) groups is 1. The van der Waals surface area contributed by atoms with E-state index in [1.54, 1.807) is 6.07 Å². The first kappa shape index (κ1) is 11.0. The Morgan fingerprint density at radius 2 is 2.00 bits per heavy atom. The Bertz CT molecular complexity index is 390. The van der Waals surface area contributed by atoms with Crippen LogP contribution in [0.25, 0.3) is 0 Å². The lowest BCUT2D eigenvalue weighted by Gasteiger charge is -2.12. The van der Waals surface area contributed by atoms with Crippen LogP contribution in [0.15, 0.2) is 18.2 Å². The predicted octanol–water partition coefficient (Wildman–Crippen LogP) is 1.25. The lowest BCUT2D eigenvalue weighted by atomic mass is 10.1. The van der Waals surface area contributed by atoms with Crippen molar-refractivity contribution in [2.45, 2.75) is 12.8 Å². The minimum absolute atomic E-state index is 0.0961. The van der Waals surface area contributed by atoms with Crippen LogP contribution < -0.4 is 16.4 Å². The van der Waals surface area contributed by atoms with Crippen molar-refractivity contribution >= 4 is 17.2 Å². The fourth-order valence-corrected chi connectivity index (χ4v) is 1.80. The molecule has 0 atom stereocenters. The molecule has 4 N–H and O–H groups in total. The summed E-state index contributed by atoms with van der Waals surface area (Å²) in [6, 6.07) is 5.45. The van der Waals surface area contributed by atoms with Crippen LogP contribution >= 0.6 is 0 Å². The molecule has 0 spiro atoms. The Labute approximate surface area is 95.2 Å². The molecule has 4 nitrogen and oxygen atoms in total. The molecular formula is C12H17N3O. The van der Waals surface area contributed by atoms with Gasteiger partial charge in [-0.15, -0.1) is 0 Å². The van der Waals surface area contributed by atoms with E-state index in [4.69, 9.17) is 5.73 Å².